The Morgan fingerprint density at radius 3 is 1.97 bits per heavy atom. The summed E-state index contributed by atoms with van der Waals surface area (Å²) in [5.74, 6) is -5.35. The Morgan fingerprint density at radius 1 is 0.821 bits per heavy atom. The third kappa shape index (κ3) is 6.64. The van der Waals surface area contributed by atoms with Crippen LogP contribution in [0.25, 0.3) is 17.0 Å². The van der Waals surface area contributed by atoms with Gasteiger partial charge in [0.15, 0.2) is 17.4 Å². The Bertz CT molecular complexity index is 1320. The molecule has 0 heterocycles. The molecular weight excluding hydrogens is 525 g/mol. The van der Waals surface area contributed by atoms with Gasteiger partial charge in [-0.1, -0.05) is 49.1 Å². The Labute approximate surface area is 221 Å². The maximum Gasteiger partial charge on any atom is 0.387 e. The number of hydrogen-bond acceptors (Lipinski definition) is 2. The van der Waals surface area contributed by atoms with E-state index >= 15 is 4.39 Å². The molecule has 0 atom stereocenters. The second kappa shape index (κ2) is 12.4. The van der Waals surface area contributed by atoms with E-state index in [1.807, 2.05) is 0 Å². The van der Waals surface area contributed by atoms with Crippen LogP contribution in [-0.4, -0.2) is 13.2 Å². The Morgan fingerprint density at radius 2 is 1.41 bits per heavy atom. The van der Waals surface area contributed by atoms with Crippen LogP contribution >= 0.6 is 0 Å². The van der Waals surface area contributed by atoms with E-state index in [4.69, 9.17) is 0 Å². The van der Waals surface area contributed by atoms with Crippen LogP contribution in [0, 0.1) is 17.5 Å². The molecule has 1 saturated carbocycles. The lowest BCUT2D eigenvalue weighted by Crippen LogP contribution is -2.14. The van der Waals surface area contributed by atoms with Gasteiger partial charge in [-0.3, -0.25) is 0 Å². The van der Waals surface area contributed by atoms with E-state index in [0.29, 0.717) is 47.9 Å². The molecule has 0 spiro atoms. The minimum atomic E-state index is -3.34. The third-order valence-electron chi connectivity index (χ3n) is 6.84. The molecule has 9 heteroatoms. The quantitative estimate of drug-likeness (QED) is 0.150. The Balaban J connectivity index is 1.42. The zero-order valence-corrected chi connectivity index (χ0v) is 20.7. The summed E-state index contributed by atoms with van der Waals surface area (Å²) >= 11 is 0. The zero-order valence-electron chi connectivity index (χ0n) is 20.7. The number of rotatable bonds is 9. The number of alkyl halides is 2. The van der Waals surface area contributed by atoms with Crippen molar-refractivity contribution in [2.24, 2.45) is 0 Å². The van der Waals surface area contributed by atoms with Crippen molar-refractivity contribution in [3.05, 3.63) is 107 Å². The van der Waals surface area contributed by atoms with Crippen molar-refractivity contribution in [3.63, 3.8) is 0 Å². The highest BCUT2D eigenvalue weighted by Crippen LogP contribution is 2.43. The molecule has 206 valence electrons. The van der Waals surface area contributed by atoms with Crippen molar-refractivity contribution < 1.29 is 40.2 Å². The van der Waals surface area contributed by atoms with Crippen molar-refractivity contribution in [2.45, 2.75) is 44.1 Å². The molecule has 0 unspecified atom stereocenters. The smallest absolute Gasteiger partial charge is 0.387 e. The van der Waals surface area contributed by atoms with Gasteiger partial charge in [0.1, 0.15) is 12.4 Å². The fourth-order valence-electron chi connectivity index (χ4n) is 4.91. The molecule has 2 nitrogen and oxygen atoms in total. The molecule has 4 rings (SSSR count). The second-order valence-electron chi connectivity index (χ2n) is 9.24. The summed E-state index contributed by atoms with van der Waals surface area (Å²) in [5.41, 5.74) is 2.01. The summed E-state index contributed by atoms with van der Waals surface area (Å²) < 4.78 is 105. The lowest BCUT2D eigenvalue weighted by molar-refractivity contribution is -0.0546. The summed E-state index contributed by atoms with van der Waals surface area (Å²) in [6.45, 7) is -0.144. The SMILES string of the molecule is C=CCO/C(F)=C(\F)c1ccc(-c2ccc(C3CCC(c4cc(F)c(OC(F)F)c(F)c4)CC3)c(F)c2)cc1. The van der Waals surface area contributed by atoms with Gasteiger partial charge in [-0.05, 0) is 78.0 Å². The molecule has 3 aromatic carbocycles. The fourth-order valence-corrected chi connectivity index (χ4v) is 4.91. The minimum Gasteiger partial charge on any atom is -0.464 e. The van der Waals surface area contributed by atoms with E-state index in [-0.39, 0.29) is 24.0 Å². The van der Waals surface area contributed by atoms with Gasteiger partial charge in [0.05, 0.1) is 0 Å². The van der Waals surface area contributed by atoms with Gasteiger partial charge < -0.3 is 9.47 Å². The highest BCUT2D eigenvalue weighted by molar-refractivity contribution is 5.68. The van der Waals surface area contributed by atoms with Gasteiger partial charge in [0.2, 0.25) is 5.83 Å². The highest BCUT2D eigenvalue weighted by atomic mass is 19.3. The predicted molar refractivity (Wildman–Crippen MR) is 134 cm³/mol. The molecule has 0 bridgehead atoms. The lowest BCUT2D eigenvalue weighted by atomic mass is 9.76. The van der Waals surface area contributed by atoms with Crippen LogP contribution in [0.2, 0.25) is 0 Å². The van der Waals surface area contributed by atoms with Crippen molar-refractivity contribution >= 4 is 5.83 Å². The number of ether oxygens (including phenoxy) is 2. The van der Waals surface area contributed by atoms with E-state index in [9.17, 15) is 26.3 Å². The summed E-state index contributed by atoms with van der Waals surface area (Å²) in [4.78, 5) is 0. The molecule has 0 saturated heterocycles. The molecule has 0 N–H and O–H groups in total. The molecule has 0 aliphatic heterocycles. The lowest BCUT2D eigenvalue weighted by Gasteiger charge is -2.29. The first-order valence-corrected chi connectivity index (χ1v) is 12.3. The van der Waals surface area contributed by atoms with Gasteiger partial charge in [-0.15, -0.1) is 0 Å². The van der Waals surface area contributed by atoms with Crippen LogP contribution in [0.5, 0.6) is 5.75 Å². The first-order chi connectivity index (χ1) is 18.7. The number of hydrogen-bond donors (Lipinski definition) is 0. The molecule has 3 aromatic rings. The maximum atomic E-state index is 15.1. The minimum absolute atomic E-state index is 0.0230. The monoisotopic (exact) mass is 550 g/mol. The predicted octanol–water partition coefficient (Wildman–Crippen LogP) is 9.58. The van der Waals surface area contributed by atoms with Crippen LogP contribution in [0.3, 0.4) is 0 Å². The average molecular weight is 551 g/mol. The van der Waals surface area contributed by atoms with Crippen molar-refractivity contribution in [1.82, 2.24) is 0 Å². The number of halogens is 7. The standard InChI is InChI=1S/C30H25F7O2/c1-2-13-38-29(35)27(34)20-9-5-17(6-10-20)21-11-12-23(24(31)14-21)19-7-3-18(4-8-19)22-15-25(32)28(26(33)16-22)39-30(36)37/h2,5-6,9-12,14-16,18-19,30H,1,3-4,7-8,13H2/b29-27-. The van der Waals surface area contributed by atoms with Crippen molar-refractivity contribution in [2.75, 3.05) is 6.61 Å². The molecule has 39 heavy (non-hydrogen) atoms. The first-order valence-electron chi connectivity index (χ1n) is 12.3. The van der Waals surface area contributed by atoms with E-state index in [0.717, 1.165) is 12.1 Å². The van der Waals surface area contributed by atoms with Crippen LogP contribution in [0.4, 0.5) is 30.7 Å². The summed E-state index contributed by atoms with van der Waals surface area (Å²) in [6.07, 6.45) is 3.50. The fraction of sp³-hybridized carbons (Fsp3) is 0.267. The normalized spacial score (nSPS) is 18.1. The Kier molecular flexibility index (Phi) is 8.99. The van der Waals surface area contributed by atoms with Crippen LogP contribution in [0.15, 0.2) is 73.3 Å². The topological polar surface area (TPSA) is 18.5 Å². The van der Waals surface area contributed by atoms with E-state index in [2.05, 4.69) is 16.1 Å². The average Bonchev–Trinajstić information content (AvgIpc) is 2.93. The van der Waals surface area contributed by atoms with E-state index in [1.54, 1.807) is 24.3 Å². The molecule has 0 radical (unpaired) electrons. The third-order valence-corrected chi connectivity index (χ3v) is 6.84. The molecule has 0 amide bonds. The van der Waals surface area contributed by atoms with Crippen LogP contribution < -0.4 is 4.74 Å². The molecule has 0 aromatic heterocycles. The van der Waals surface area contributed by atoms with Gasteiger partial charge in [-0.2, -0.15) is 17.6 Å². The summed E-state index contributed by atoms with van der Waals surface area (Å²) in [6, 6.07) is 11.3. The first kappa shape index (κ1) is 28.3. The zero-order chi connectivity index (χ0) is 28.1. The van der Waals surface area contributed by atoms with Crippen LogP contribution in [0.1, 0.15) is 54.2 Å². The second-order valence-corrected chi connectivity index (χ2v) is 9.24. The summed E-state index contributed by atoms with van der Waals surface area (Å²) in [5, 5.41) is 0. The van der Waals surface area contributed by atoms with Crippen molar-refractivity contribution in [3.8, 4) is 16.9 Å². The molecule has 1 fully saturated rings. The van der Waals surface area contributed by atoms with Gasteiger partial charge >= 0.3 is 12.6 Å². The highest BCUT2D eigenvalue weighted by Gasteiger charge is 2.27. The van der Waals surface area contributed by atoms with Gasteiger partial charge in [-0.25, -0.2) is 13.2 Å². The van der Waals surface area contributed by atoms with Gasteiger partial charge in [0, 0.05) is 5.56 Å². The largest absolute Gasteiger partial charge is 0.464 e. The van der Waals surface area contributed by atoms with Gasteiger partial charge in [0.25, 0.3) is 0 Å². The van der Waals surface area contributed by atoms with Crippen molar-refractivity contribution in [1.29, 1.82) is 0 Å². The van der Waals surface area contributed by atoms with Crippen LogP contribution in [-0.2, 0) is 4.74 Å². The van der Waals surface area contributed by atoms with E-state index in [1.165, 1.54) is 24.3 Å². The summed E-state index contributed by atoms with van der Waals surface area (Å²) in [7, 11) is 0. The molecular formula is C30H25F7O2. The molecule has 1 aliphatic carbocycles. The van der Waals surface area contributed by atoms with E-state index < -0.39 is 41.7 Å². The molecule has 1 aliphatic rings. The Hall–Kier alpha value is -3.75. The number of benzene rings is 3. The maximum absolute atomic E-state index is 15.1.